The zero-order chi connectivity index (χ0) is 21.0. The first-order valence-corrected chi connectivity index (χ1v) is 9.77. The van der Waals surface area contributed by atoms with Gasteiger partial charge in [-0.2, -0.15) is 0 Å². The molecule has 0 saturated heterocycles. The highest BCUT2D eigenvalue weighted by Gasteiger charge is 2.33. The lowest BCUT2D eigenvalue weighted by molar-refractivity contribution is -0.135. The summed E-state index contributed by atoms with van der Waals surface area (Å²) in [5, 5.41) is 20.7. The fourth-order valence-electron chi connectivity index (χ4n) is 2.71. The van der Waals surface area contributed by atoms with Crippen LogP contribution in [0.3, 0.4) is 0 Å². The van der Waals surface area contributed by atoms with Gasteiger partial charge in [0.1, 0.15) is 27.9 Å². The number of aromatic hydroxyl groups is 1. The number of benzene rings is 2. The van der Waals surface area contributed by atoms with Gasteiger partial charge in [0.15, 0.2) is 0 Å². The zero-order valence-corrected chi connectivity index (χ0v) is 17.1. The van der Waals surface area contributed by atoms with Gasteiger partial charge in [-0.25, -0.2) is 9.79 Å². The van der Waals surface area contributed by atoms with Crippen molar-refractivity contribution in [1.82, 2.24) is 0 Å². The van der Waals surface area contributed by atoms with Crippen molar-refractivity contribution < 1.29 is 24.5 Å². The summed E-state index contributed by atoms with van der Waals surface area (Å²) in [5.74, 6) is 0.0756. The Morgan fingerprint density at radius 3 is 2.52 bits per heavy atom. The third-order valence-electron chi connectivity index (χ3n) is 4.18. The molecular weight excluding hydrogens is 390 g/mol. The van der Waals surface area contributed by atoms with E-state index in [4.69, 9.17) is 9.47 Å². The van der Waals surface area contributed by atoms with E-state index >= 15 is 0 Å². The molecule has 7 heteroatoms. The monoisotopic (exact) mass is 411 g/mol. The van der Waals surface area contributed by atoms with E-state index in [1.807, 2.05) is 6.92 Å². The first-order valence-electron chi connectivity index (χ1n) is 8.96. The molecule has 1 aliphatic rings. The van der Waals surface area contributed by atoms with Crippen LogP contribution in [0, 0.1) is 6.92 Å². The minimum absolute atomic E-state index is 0.0214. The van der Waals surface area contributed by atoms with Crippen LogP contribution in [0.5, 0.6) is 11.5 Å². The average Bonchev–Trinajstić information content (AvgIpc) is 3.01. The SMILES string of the molecule is CCOc1ccc(N=C2S/C(=C/c3ccc(O)c(C)c3)C(O)=C2C(=O)OC)cc1. The van der Waals surface area contributed by atoms with E-state index in [-0.39, 0.29) is 17.1 Å². The predicted molar refractivity (Wildman–Crippen MR) is 115 cm³/mol. The van der Waals surface area contributed by atoms with Crippen molar-refractivity contribution in [1.29, 1.82) is 0 Å². The van der Waals surface area contributed by atoms with E-state index in [9.17, 15) is 15.0 Å². The molecule has 150 valence electrons. The fraction of sp³-hybridized carbons (Fsp3) is 0.182. The highest BCUT2D eigenvalue weighted by molar-refractivity contribution is 8.18. The second-order valence-electron chi connectivity index (χ2n) is 6.22. The molecule has 2 aromatic rings. The first kappa shape index (κ1) is 20.5. The van der Waals surface area contributed by atoms with E-state index in [2.05, 4.69) is 4.99 Å². The van der Waals surface area contributed by atoms with Crippen molar-refractivity contribution in [3.8, 4) is 11.5 Å². The fourth-order valence-corrected chi connectivity index (χ4v) is 3.75. The molecule has 0 bridgehead atoms. The molecule has 0 spiro atoms. The van der Waals surface area contributed by atoms with E-state index in [1.54, 1.807) is 55.5 Å². The smallest absolute Gasteiger partial charge is 0.344 e. The Balaban J connectivity index is 1.98. The highest BCUT2D eigenvalue weighted by Crippen LogP contribution is 2.40. The number of phenols is 1. The number of hydrogen-bond acceptors (Lipinski definition) is 7. The molecule has 0 atom stereocenters. The molecule has 2 aromatic carbocycles. The van der Waals surface area contributed by atoms with Gasteiger partial charge in [-0.1, -0.05) is 17.8 Å². The maximum atomic E-state index is 12.2. The van der Waals surface area contributed by atoms with Gasteiger partial charge in [-0.05, 0) is 67.4 Å². The molecule has 1 heterocycles. The van der Waals surface area contributed by atoms with E-state index < -0.39 is 5.97 Å². The van der Waals surface area contributed by atoms with Crippen LogP contribution in [0.25, 0.3) is 6.08 Å². The topological polar surface area (TPSA) is 88.4 Å². The van der Waals surface area contributed by atoms with Crippen molar-refractivity contribution in [2.75, 3.05) is 13.7 Å². The number of aryl methyl sites for hydroxylation is 1. The number of methoxy groups -OCH3 is 1. The first-order chi connectivity index (χ1) is 13.9. The van der Waals surface area contributed by atoms with Gasteiger partial charge in [-0.3, -0.25) is 0 Å². The van der Waals surface area contributed by atoms with Crippen LogP contribution in [0.15, 0.2) is 63.7 Å². The van der Waals surface area contributed by atoms with Gasteiger partial charge in [0, 0.05) is 0 Å². The molecule has 0 unspecified atom stereocenters. The van der Waals surface area contributed by atoms with Crippen LogP contribution in [0.2, 0.25) is 0 Å². The minimum Gasteiger partial charge on any atom is -0.508 e. The number of carbonyl (C=O) groups is 1. The molecule has 0 radical (unpaired) electrons. The number of hydrogen-bond donors (Lipinski definition) is 2. The van der Waals surface area contributed by atoms with E-state index in [1.165, 1.54) is 18.9 Å². The predicted octanol–water partition coefficient (Wildman–Crippen LogP) is 4.90. The summed E-state index contributed by atoms with van der Waals surface area (Å²) in [6.07, 6.45) is 1.73. The number of aliphatic imine (C=N–C) groups is 1. The Morgan fingerprint density at radius 1 is 1.17 bits per heavy atom. The second-order valence-corrected chi connectivity index (χ2v) is 7.25. The Bertz CT molecular complexity index is 1020. The lowest BCUT2D eigenvalue weighted by Crippen LogP contribution is -2.10. The standard InChI is InChI=1S/C22H21NO5S/c1-4-28-16-8-6-15(7-9-16)23-21-19(22(26)27-3)20(25)18(29-21)12-14-5-10-17(24)13(2)11-14/h5-12,24-25H,4H2,1-3H3/b18-12+,23-21?. The van der Waals surface area contributed by atoms with Gasteiger partial charge in [0.05, 0.1) is 24.3 Å². The Labute approximate surface area is 173 Å². The molecule has 0 aliphatic carbocycles. The summed E-state index contributed by atoms with van der Waals surface area (Å²) >= 11 is 1.18. The summed E-state index contributed by atoms with van der Waals surface area (Å²) in [4.78, 5) is 17.2. The van der Waals surface area contributed by atoms with Crippen molar-refractivity contribution in [2.45, 2.75) is 13.8 Å². The van der Waals surface area contributed by atoms with E-state index in [0.717, 1.165) is 11.3 Å². The molecule has 29 heavy (non-hydrogen) atoms. The van der Waals surface area contributed by atoms with Crippen molar-refractivity contribution in [3.63, 3.8) is 0 Å². The molecule has 2 N–H and O–H groups in total. The van der Waals surface area contributed by atoms with Gasteiger partial charge >= 0.3 is 5.97 Å². The maximum absolute atomic E-state index is 12.2. The summed E-state index contributed by atoms with van der Waals surface area (Å²) in [6.45, 7) is 4.26. The van der Waals surface area contributed by atoms with Gasteiger partial charge in [-0.15, -0.1) is 0 Å². The summed E-state index contributed by atoms with van der Waals surface area (Å²) in [7, 11) is 1.26. The van der Waals surface area contributed by atoms with Gasteiger partial charge in [0.25, 0.3) is 0 Å². The Morgan fingerprint density at radius 2 is 1.90 bits per heavy atom. The van der Waals surface area contributed by atoms with Crippen LogP contribution in [-0.2, 0) is 9.53 Å². The zero-order valence-electron chi connectivity index (χ0n) is 16.3. The van der Waals surface area contributed by atoms with Crippen LogP contribution in [0.1, 0.15) is 18.1 Å². The maximum Gasteiger partial charge on any atom is 0.344 e. The van der Waals surface area contributed by atoms with Gasteiger partial charge in [0.2, 0.25) is 0 Å². The second kappa shape index (κ2) is 8.87. The van der Waals surface area contributed by atoms with Crippen molar-refractivity contribution in [3.05, 3.63) is 69.8 Å². The molecule has 6 nitrogen and oxygen atoms in total. The van der Waals surface area contributed by atoms with Crippen LogP contribution in [0.4, 0.5) is 5.69 Å². The average molecular weight is 411 g/mol. The number of carbonyl (C=O) groups excluding carboxylic acids is 1. The molecule has 0 amide bonds. The summed E-state index contributed by atoms with van der Waals surface area (Å²) < 4.78 is 10.2. The normalized spacial score (nSPS) is 16.5. The van der Waals surface area contributed by atoms with Crippen LogP contribution < -0.4 is 4.74 Å². The number of esters is 1. The minimum atomic E-state index is -0.662. The Hall–Kier alpha value is -3.19. The molecule has 3 rings (SSSR count). The number of aliphatic hydroxyl groups excluding tert-OH is 1. The molecule has 1 aliphatic heterocycles. The lowest BCUT2D eigenvalue weighted by Gasteiger charge is -2.04. The molecule has 0 aromatic heterocycles. The van der Waals surface area contributed by atoms with Crippen LogP contribution in [-0.4, -0.2) is 34.9 Å². The van der Waals surface area contributed by atoms with Crippen molar-refractivity contribution in [2.24, 2.45) is 4.99 Å². The van der Waals surface area contributed by atoms with Gasteiger partial charge < -0.3 is 19.7 Å². The molecule has 0 saturated carbocycles. The Kier molecular flexibility index (Phi) is 6.29. The van der Waals surface area contributed by atoms with Crippen molar-refractivity contribution >= 4 is 34.5 Å². The van der Waals surface area contributed by atoms with E-state index in [0.29, 0.717) is 27.8 Å². The lowest BCUT2D eigenvalue weighted by atomic mass is 10.1. The molecular formula is C22H21NO5S. The summed E-state index contributed by atoms with van der Waals surface area (Å²) in [5.41, 5.74) is 2.13. The third-order valence-corrected chi connectivity index (χ3v) is 5.20. The quantitative estimate of drug-likeness (QED) is 0.680. The third kappa shape index (κ3) is 4.63. The number of thioether (sulfide) groups is 1. The van der Waals surface area contributed by atoms with Crippen LogP contribution >= 0.6 is 11.8 Å². The summed E-state index contributed by atoms with van der Waals surface area (Å²) in [6, 6.07) is 12.2. The number of aliphatic hydroxyl groups is 1. The number of rotatable bonds is 5. The number of ether oxygens (including phenoxy) is 2. The largest absolute Gasteiger partial charge is 0.508 e. The number of nitrogens with zero attached hydrogens (tertiary/aromatic N) is 1. The highest BCUT2D eigenvalue weighted by atomic mass is 32.2. The number of phenolic OH excluding ortho intramolecular Hbond substituents is 1. The molecule has 0 fully saturated rings.